The molecule has 0 bridgehead atoms. The highest BCUT2D eigenvalue weighted by Crippen LogP contribution is 2.26. The zero-order valence-corrected chi connectivity index (χ0v) is 14.3. The van der Waals surface area contributed by atoms with Gasteiger partial charge in [-0.15, -0.1) is 11.3 Å². The summed E-state index contributed by atoms with van der Waals surface area (Å²) in [6.07, 6.45) is 0. The standard InChI is InChI=1S/C18H16N4O2S/c1-12-11-25-18(20-12)21-16(23)17(24)22(14-5-3-2-4-6-14)15-9-7-13(19)8-10-15/h2-11H,19H2,1H3,(H,20,21,23). The van der Waals surface area contributed by atoms with Gasteiger partial charge in [-0.3, -0.25) is 19.8 Å². The molecule has 0 atom stereocenters. The van der Waals surface area contributed by atoms with E-state index in [1.807, 2.05) is 13.0 Å². The molecule has 3 rings (SSSR count). The van der Waals surface area contributed by atoms with Gasteiger partial charge in [-0.25, -0.2) is 4.98 Å². The SMILES string of the molecule is Cc1csc(NC(=O)C(=O)N(c2ccccc2)c2ccc(N)cc2)n1. The minimum Gasteiger partial charge on any atom is -0.399 e. The largest absolute Gasteiger partial charge is 0.399 e. The Morgan fingerprint density at radius 2 is 1.68 bits per heavy atom. The fourth-order valence-electron chi connectivity index (χ4n) is 2.25. The van der Waals surface area contributed by atoms with Crippen LogP contribution in [0, 0.1) is 6.92 Å². The first-order chi connectivity index (χ1) is 12.0. The van der Waals surface area contributed by atoms with Gasteiger partial charge < -0.3 is 5.73 Å². The minimum atomic E-state index is -0.755. The Morgan fingerprint density at radius 1 is 1.04 bits per heavy atom. The van der Waals surface area contributed by atoms with E-state index in [1.54, 1.807) is 53.9 Å². The maximum Gasteiger partial charge on any atom is 0.321 e. The number of anilines is 4. The van der Waals surface area contributed by atoms with E-state index >= 15 is 0 Å². The molecule has 2 amide bonds. The third-order valence-electron chi connectivity index (χ3n) is 3.40. The van der Waals surface area contributed by atoms with Crippen LogP contribution in [0.4, 0.5) is 22.2 Å². The highest BCUT2D eigenvalue weighted by Gasteiger charge is 2.25. The van der Waals surface area contributed by atoms with Gasteiger partial charge in [0.25, 0.3) is 0 Å². The minimum absolute atomic E-state index is 0.390. The molecular weight excluding hydrogens is 336 g/mol. The zero-order chi connectivity index (χ0) is 17.8. The van der Waals surface area contributed by atoms with Crippen molar-refractivity contribution in [1.29, 1.82) is 0 Å². The number of rotatable bonds is 3. The summed E-state index contributed by atoms with van der Waals surface area (Å²) in [5.74, 6) is -1.46. The van der Waals surface area contributed by atoms with E-state index in [2.05, 4.69) is 10.3 Å². The first-order valence-corrected chi connectivity index (χ1v) is 8.41. The summed E-state index contributed by atoms with van der Waals surface area (Å²) >= 11 is 1.27. The van der Waals surface area contributed by atoms with Gasteiger partial charge in [0.1, 0.15) is 0 Å². The van der Waals surface area contributed by atoms with Gasteiger partial charge >= 0.3 is 11.8 Å². The number of amides is 2. The highest BCUT2D eigenvalue weighted by molar-refractivity contribution is 7.14. The molecule has 0 spiro atoms. The lowest BCUT2D eigenvalue weighted by Crippen LogP contribution is -2.36. The summed E-state index contributed by atoms with van der Waals surface area (Å²) in [4.78, 5) is 30.7. The number of thiazole rings is 1. The number of benzene rings is 2. The summed E-state index contributed by atoms with van der Waals surface area (Å²) in [6, 6.07) is 15.7. The van der Waals surface area contributed by atoms with E-state index in [1.165, 1.54) is 16.2 Å². The number of aromatic nitrogens is 1. The van der Waals surface area contributed by atoms with Crippen LogP contribution in [-0.2, 0) is 9.59 Å². The van der Waals surface area contributed by atoms with Gasteiger partial charge in [0.15, 0.2) is 5.13 Å². The Labute approximate surface area is 148 Å². The Balaban J connectivity index is 1.92. The van der Waals surface area contributed by atoms with Crippen LogP contribution in [0.3, 0.4) is 0 Å². The number of para-hydroxylation sites is 1. The predicted molar refractivity (Wildman–Crippen MR) is 99.9 cm³/mol. The Morgan fingerprint density at radius 3 is 2.28 bits per heavy atom. The molecule has 0 saturated carbocycles. The maximum atomic E-state index is 12.8. The molecule has 0 radical (unpaired) electrons. The lowest BCUT2D eigenvalue weighted by Gasteiger charge is -2.22. The lowest BCUT2D eigenvalue weighted by atomic mass is 10.2. The van der Waals surface area contributed by atoms with Crippen molar-refractivity contribution in [3.63, 3.8) is 0 Å². The molecule has 6 nitrogen and oxygen atoms in total. The first-order valence-electron chi connectivity index (χ1n) is 7.53. The summed E-state index contributed by atoms with van der Waals surface area (Å²) in [7, 11) is 0. The Kier molecular flexibility index (Phi) is 4.76. The number of carbonyl (C=O) groups excluding carboxylic acids is 2. The Bertz CT molecular complexity index is 891. The molecule has 0 aliphatic heterocycles. The molecular formula is C18H16N4O2S. The molecule has 2 aromatic carbocycles. The van der Waals surface area contributed by atoms with Crippen LogP contribution in [0.2, 0.25) is 0 Å². The van der Waals surface area contributed by atoms with Gasteiger partial charge in [-0.05, 0) is 43.3 Å². The van der Waals surface area contributed by atoms with E-state index in [0.717, 1.165) is 5.69 Å². The number of nitrogens with two attached hydrogens (primary N) is 1. The van der Waals surface area contributed by atoms with Crippen molar-refractivity contribution in [2.45, 2.75) is 6.92 Å². The number of nitrogens with zero attached hydrogens (tertiary/aromatic N) is 2. The summed E-state index contributed by atoms with van der Waals surface area (Å²) < 4.78 is 0. The van der Waals surface area contributed by atoms with E-state index in [4.69, 9.17) is 5.73 Å². The van der Waals surface area contributed by atoms with Gasteiger partial charge in [0.05, 0.1) is 5.69 Å². The smallest absolute Gasteiger partial charge is 0.321 e. The van der Waals surface area contributed by atoms with E-state index in [9.17, 15) is 9.59 Å². The van der Waals surface area contributed by atoms with Crippen molar-refractivity contribution >= 4 is 45.3 Å². The van der Waals surface area contributed by atoms with Crippen LogP contribution in [0.25, 0.3) is 0 Å². The normalized spacial score (nSPS) is 10.3. The van der Waals surface area contributed by atoms with Crippen molar-refractivity contribution in [1.82, 2.24) is 4.98 Å². The quantitative estimate of drug-likeness (QED) is 0.559. The monoisotopic (exact) mass is 352 g/mol. The van der Waals surface area contributed by atoms with Crippen molar-refractivity contribution in [2.24, 2.45) is 0 Å². The van der Waals surface area contributed by atoms with Crippen LogP contribution in [-0.4, -0.2) is 16.8 Å². The average molecular weight is 352 g/mol. The van der Waals surface area contributed by atoms with Crippen molar-refractivity contribution < 1.29 is 9.59 Å². The molecule has 126 valence electrons. The van der Waals surface area contributed by atoms with Gasteiger partial charge in [0.2, 0.25) is 0 Å². The molecule has 3 aromatic rings. The van der Waals surface area contributed by atoms with E-state index < -0.39 is 11.8 Å². The molecule has 0 aliphatic carbocycles. The number of hydrogen-bond acceptors (Lipinski definition) is 5. The van der Waals surface area contributed by atoms with E-state index in [0.29, 0.717) is 22.2 Å². The topological polar surface area (TPSA) is 88.3 Å². The lowest BCUT2D eigenvalue weighted by molar-refractivity contribution is -0.134. The number of aryl methyl sites for hydroxylation is 1. The van der Waals surface area contributed by atoms with E-state index in [-0.39, 0.29) is 0 Å². The third-order valence-corrected chi connectivity index (χ3v) is 4.28. The molecule has 0 fully saturated rings. The van der Waals surface area contributed by atoms with Crippen LogP contribution in [0.5, 0.6) is 0 Å². The third kappa shape index (κ3) is 3.84. The van der Waals surface area contributed by atoms with Crippen molar-refractivity contribution in [3.8, 4) is 0 Å². The fraction of sp³-hybridized carbons (Fsp3) is 0.0556. The molecule has 25 heavy (non-hydrogen) atoms. The van der Waals surface area contributed by atoms with Gasteiger partial charge in [-0.2, -0.15) is 0 Å². The molecule has 0 saturated heterocycles. The van der Waals surface area contributed by atoms with Crippen molar-refractivity contribution in [2.75, 3.05) is 16.0 Å². The van der Waals surface area contributed by atoms with Crippen LogP contribution in [0.15, 0.2) is 60.0 Å². The number of nitrogens with one attached hydrogen (secondary N) is 1. The predicted octanol–water partition coefficient (Wildman–Crippen LogP) is 3.34. The molecule has 1 aromatic heterocycles. The highest BCUT2D eigenvalue weighted by atomic mass is 32.1. The summed E-state index contributed by atoms with van der Waals surface area (Å²) in [5.41, 5.74) is 8.21. The van der Waals surface area contributed by atoms with Crippen LogP contribution in [0.1, 0.15) is 5.69 Å². The fourth-order valence-corrected chi connectivity index (χ4v) is 2.93. The molecule has 1 heterocycles. The summed E-state index contributed by atoms with van der Waals surface area (Å²) in [6.45, 7) is 1.82. The second-order valence-electron chi connectivity index (χ2n) is 5.32. The first kappa shape index (κ1) is 16.7. The van der Waals surface area contributed by atoms with Crippen LogP contribution >= 0.6 is 11.3 Å². The van der Waals surface area contributed by atoms with Gasteiger partial charge in [-0.1, -0.05) is 18.2 Å². The molecule has 0 unspecified atom stereocenters. The van der Waals surface area contributed by atoms with Gasteiger partial charge in [0, 0.05) is 22.4 Å². The molecule has 0 aliphatic rings. The maximum absolute atomic E-state index is 12.8. The summed E-state index contributed by atoms with van der Waals surface area (Å²) in [5, 5.41) is 4.74. The van der Waals surface area contributed by atoms with Crippen LogP contribution < -0.4 is 16.0 Å². The Hall–Kier alpha value is -3.19. The zero-order valence-electron chi connectivity index (χ0n) is 13.5. The number of hydrogen-bond donors (Lipinski definition) is 2. The second-order valence-corrected chi connectivity index (χ2v) is 6.17. The molecule has 3 N–H and O–H groups in total. The average Bonchev–Trinajstić information content (AvgIpc) is 3.02. The second kappa shape index (κ2) is 7.14. The number of nitrogen functional groups attached to an aromatic ring is 1. The van der Waals surface area contributed by atoms with Crippen molar-refractivity contribution in [3.05, 3.63) is 65.7 Å². The number of carbonyl (C=O) groups is 2. The molecule has 7 heteroatoms.